The predicted molar refractivity (Wildman–Crippen MR) is 96.8 cm³/mol. The van der Waals surface area contributed by atoms with E-state index in [0.29, 0.717) is 22.9 Å². The summed E-state index contributed by atoms with van der Waals surface area (Å²) >= 11 is 1.34. The molecule has 0 atom stereocenters. The number of methoxy groups -OCH3 is 1. The van der Waals surface area contributed by atoms with Crippen LogP contribution in [0.4, 0.5) is 5.13 Å². The van der Waals surface area contributed by atoms with E-state index in [1.807, 2.05) is 36.6 Å². The van der Waals surface area contributed by atoms with Crippen LogP contribution in [0.5, 0.6) is 0 Å². The summed E-state index contributed by atoms with van der Waals surface area (Å²) in [7, 11) is 1.33. The lowest BCUT2D eigenvalue weighted by atomic mass is 10.1. The van der Waals surface area contributed by atoms with E-state index in [0.717, 1.165) is 16.7 Å². The van der Waals surface area contributed by atoms with Gasteiger partial charge in [-0.3, -0.25) is 4.79 Å². The number of amides is 1. The zero-order chi connectivity index (χ0) is 17.8. The topological polar surface area (TPSA) is 84.1 Å². The molecule has 0 unspecified atom stereocenters. The molecule has 1 amide bonds. The quantitative estimate of drug-likeness (QED) is 0.687. The second-order valence-corrected chi connectivity index (χ2v) is 6.40. The molecular formula is C18H17N3O3S. The molecule has 0 spiro atoms. The molecule has 6 nitrogen and oxygen atoms in total. The van der Waals surface area contributed by atoms with Crippen molar-refractivity contribution >= 4 is 28.3 Å². The van der Waals surface area contributed by atoms with Gasteiger partial charge in [-0.15, -0.1) is 11.3 Å². The molecular weight excluding hydrogens is 338 g/mol. The number of carbonyl (C=O) groups excluding carboxylic acids is 2. The maximum atomic E-state index is 12.1. The molecule has 128 valence electrons. The number of aryl methyl sites for hydroxylation is 1. The van der Waals surface area contributed by atoms with Gasteiger partial charge in [-0.2, -0.15) is 0 Å². The Morgan fingerprint density at radius 3 is 2.76 bits per heavy atom. The first-order valence-corrected chi connectivity index (χ1v) is 8.51. The van der Waals surface area contributed by atoms with Crippen LogP contribution in [0.25, 0.3) is 11.3 Å². The zero-order valence-corrected chi connectivity index (χ0v) is 14.6. The number of benzene rings is 1. The van der Waals surface area contributed by atoms with Crippen LogP contribution in [0, 0.1) is 6.92 Å². The van der Waals surface area contributed by atoms with Gasteiger partial charge in [0, 0.05) is 17.1 Å². The van der Waals surface area contributed by atoms with Gasteiger partial charge in [-0.1, -0.05) is 29.8 Å². The van der Waals surface area contributed by atoms with Crippen molar-refractivity contribution in [2.75, 3.05) is 12.4 Å². The van der Waals surface area contributed by atoms with Gasteiger partial charge in [-0.05, 0) is 18.6 Å². The lowest BCUT2D eigenvalue weighted by Crippen LogP contribution is -2.14. The summed E-state index contributed by atoms with van der Waals surface area (Å²) in [4.78, 5) is 30.8. The van der Waals surface area contributed by atoms with E-state index in [1.165, 1.54) is 18.4 Å². The fourth-order valence-corrected chi connectivity index (χ4v) is 3.02. The van der Waals surface area contributed by atoms with E-state index in [2.05, 4.69) is 20.0 Å². The summed E-state index contributed by atoms with van der Waals surface area (Å²) in [6, 6.07) is 9.51. The minimum Gasteiger partial charge on any atom is -0.464 e. The molecule has 0 saturated carbocycles. The van der Waals surface area contributed by atoms with Gasteiger partial charge in [0.15, 0.2) is 5.13 Å². The van der Waals surface area contributed by atoms with Crippen molar-refractivity contribution in [3.8, 4) is 11.3 Å². The highest BCUT2D eigenvalue weighted by Crippen LogP contribution is 2.25. The first kappa shape index (κ1) is 16.9. The normalized spacial score (nSPS) is 10.5. The number of aromatic amines is 1. The van der Waals surface area contributed by atoms with Crippen molar-refractivity contribution in [3.63, 3.8) is 0 Å². The number of esters is 1. The monoisotopic (exact) mass is 355 g/mol. The number of hydrogen-bond acceptors (Lipinski definition) is 5. The largest absolute Gasteiger partial charge is 0.464 e. The molecule has 3 rings (SSSR count). The number of ether oxygens (including phenoxy) is 1. The SMILES string of the molecule is COC(=O)c1cc(-c2csc(NC(=O)Cc3ccc(C)cc3)n2)c[nH]1. The number of nitrogens with zero attached hydrogens (tertiary/aromatic N) is 1. The van der Waals surface area contributed by atoms with Crippen molar-refractivity contribution < 1.29 is 14.3 Å². The van der Waals surface area contributed by atoms with Crippen LogP contribution in [0.3, 0.4) is 0 Å². The number of carbonyl (C=O) groups is 2. The Morgan fingerprint density at radius 2 is 2.04 bits per heavy atom. The fraction of sp³-hybridized carbons (Fsp3) is 0.167. The summed E-state index contributed by atoms with van der Waals surface area (Å²) in [5.74, 6) is -0.554. The molecule has 0 bridgehead atoms. The van der Waals surface area contributed by atoms with Crippen LogP contribution in [0.15, 0.2) is 41.9 Å². The van der Waals surface area contributed by atoms with Gasteiger partial charge in [-0.25, -0.2) is 9.78 Å². The lowest BCUT2D eigenvalue weighted by Gasteiger charge is -2.02. The van der Waals surface area contributed by atoms with Gasteiger partial charge in [0.2, 0.25) is 5.91 Å². The Kier molecular flexibility index (Phi) is 4.95. The van der Waals surface area contributed by atoms with Crippen molar-refractivity contribution in [1.29, 1.82) is 0 Å². The van der Waals surface area contributed by atoms with E-state index >= 15 is 0 Å². The van der Waals surface area contributed by atoms with Gasteiger partial charge >= 0.3 is 5.97 Å². The van der Waals surface area contributed by atoms with Gasteiger partial charge in [0.25, 0.3) is 0 Å². The Labute approximate surface area is 148 Å². The number of nitrogens with one attached hydrogen (secondary N) is 2. The standard InChI is InChI=1S/C18H17N3O3S/c1-11-3-5-12(6-4-11)7-16(22)21-18-20-15(10-25-18)13-8-14(19-9-13)17(23)24-2/h3-6,8-10,19H,7H2,1-2H3,(H,20,21,22). The third kappa shape index (κ3) is 4.13. The Hall–Kier alpha value is -2.93. The molecule has 0 aliphatic heterocycles. The molecule has 2 N–H and O–H groups in total. The van der Waals surface area contributed by atoms with Crippen molar-refractivity contribution in [3.05, 3.63) is 58.7 Å². The highest BCUT2D eigenvalue weighted by molar-refractivity contribution is 7.14. The molecule has 3 aromatic rings. The molecule has 2 heterocycles. The van der Waals surface area contributed by atoms with Crippen molar-refractivity contribution in [2.45, 2.75) is 13.3 Å². The fourth-order valence-electron chi connectivity index (χ4n) is 2.29. The number of thiazole rings is 1. The molecule has 25 heavy (non-hydrogen) atoms. The number of anilines is 1. The van der Waals surface area contributed by atoms with Crippen LogP contribution in [-0.4, -0.2) is 29.0 Å². The smallest absolute Gasteiger partial charge is 0.354 e. The zero-order valence-electron chi connectivity index (χ0n) is 13.8. The first-order valence-electron chi connectivity index (χ1n) is 7.63. The average molecular weight is 355 g/mol. The molecule has 0 radical (unpaired) electrons. The van der Waals surface area contributed by atoms with Crippen LogP contribution < -0.4 is 5.32 Å². The summed E-state index contributed by atoms with van der Waals surface area (Å²) in [6.45, 7) is 2.01. The molecule has 0 saturated heterocycles. The molecule has 0 aliphatic rings. The van der Waals surface area contributed by atoms with Gasteiger partial charge in [0.05, 0.1) is 19.2 Å². The number of rotatable bonds is 5. The minimum atomic E-state index is -0.437. The summed E-state index contributed by atoms with van der Waals surface area (Å²) in [6.07, 6.45) is 1.98. The predicted octanol–water partition coefficient (Wildman–Crippen LogP) is 3.41. The number of hydrogen-bond donors (Lipinski definition) is 2. The molecule has 0 aliphatic carbocycles. The molecule has 1 aromatic carbocycles. The third-order valence-corrected chi connectivity index (χ3v) is 4.38. The van der Waals surface area contributed by atoms with E-state index in [-0.39, 0.29) is 5.91 Å². The van der Waals surface area contributed by atoms with E-state index < -0.39 is 5.97 Å². The summed E-state index contributed by atoms with van der Waals surface area (Å²) in [5, 5.41) is 5.15. The number of aromatic nitrogens is 2. The van der Waals surface area contributed by atoms with E-state index in [4.69, 9.17) is 0 Å². The van der Waals surface area contributed by atoms with Crippen molar-refractivity contribution in [2.24, 2.45) is 0 Å². The second kappa shape index (κ2) is 7.31. The highest BCUT2D eigenvalue weighted by Gasteiger charge is 2.13. The van der Waals surface area contributed by atoms with Gasteiger partial charge in [0.1, 0.15) is 5.69 Å². The highest BCUT2D eigenvalue weighted by atomic mass is 32.1. The van der Waals surface area contributed by atoms with Crippen LogP contribution in [0.1, 0.15) is 21.6 Å². The summed E-state index contributed by atoms with van der Waals surface area (Å²) in [5.41, 5.74) is 3.91. The second-order valence-electron chi connectivity index (χ2n) is 5.54. The van der Waals surface area contributed by atoms with Crippen LogP contribution >= 0.6 is 11.3 Å². The lowest BCUT2D eigenvalue weighted by molar-refractivity contribution is -0.115. The van der Waals surface area contributed by atoms with E-state index in [1.54, 1.807) is 12.3 Å². The maximum Gasteiger partial charge on any atom is 0.354 e. The van der Waals surface area contributed by atoms with Crippen molar-refractivity contribution in [1.82, 2.24) is 9.97 Å². The molecule has 2 aromatic heterocycles. The summed E-state index contributed by atoms with van der Waals surface area (Å²) < 4.78 is 4.66. The van der Waals surface area contributed by atoms with Crippen LogP contribution in [0.2, 0.25) is 0 Å². The first-order chi connectivity index (χ1) is 12.0. The Morgan fingerprint density at radius 1 is 1.28 bits per heavy atom. The maximum absolute atomic E-state index is 12.1. The van der Waals surface area contributed by atoms with Crippen LogP contribution in [-0.2, 0) is 16.0 Å². The minimum absolute atomic E-state index is 0.117. The Bertz CT molecular complexity index is 896. The third-order valence-electron chi connectivity index (χ3n) is 3.62. The Balaban J connectivity index is 1.65. The molecule has 7 heteroatoms. The van der Waals surface area contributed by atoms with Gasteiger partial charge < -0.3 is 15.0 Å². The van der Waals surface area contributed by atoms with E-state index in [9.17, 15) is 9.59 Å². The number of H-pyrrole nitrogens is 1. The molecule has 0 fully saturated rings. The average Bonchev–Trinajstić information content (AvgIpc) is 3.25.